The van der Waals surface area contributed by atoms with Gasteiger partial charge in [-0.3, -0.25) is 0 Å². The fraction of sp³-hybridized carbons (Fsp3) is 0.235. The first-order chi connectivity index (χ1) is 8.79. The van der Waals surface area contributed by atoms with Crippen LogP contribution in [0.25, 0.3) is 22.9 Å². The number of rotatable bonds is 2. The number of carbonyl (C=O) groups excluding carboxylic acids is 1. The van der Waals surface area contributed by atoms with E-state index in [0.29, 0.717) is 12.3 Å². The van der Waals surface area contributed by atoms with Crippen molar-refractivity contribution in [2.24, 2.45) is 5.92 Å². The van der Waals surface area contributed by atoms with Crippen LogP contribution in [0, 0.1) is 5.92 Å². The number of hydrogen-bond donors (Lipinski definition) is 0. The van der Waals surface area contributed by atoms with Crippen LogP contribution in [-0.4, -0.2) is 6.29 Å². The maximum atomic E-state index is 11.0. The summed E-state index contributed by atoms with van der Waals surface area (Å²) in [7, 11) is 0. The molecule has 0 aliphatic heterocycles. The minimum absolute atomic E-state index is 0.501. The van der Waals surface area contributed by atoms with Gasteiger partial charge in [-0.05, 0) is 45.2 Å². The Bertz CT molecular complexity index is 725. The molecule has 0 amide bonds. The highest BCUT2D eigenvalue weighted by molar-refractivity contribution is 5.88. The van der Waals surface area contributed by atoms with Gasteiger partial charge < -0.3 is 4.79 Å². The van der Waals surface area contributed by atoms with Gasteiger partial charge in [0.05, 0.1) is 0 Å². The summed E-state index contributed by atoms with van der Waals surface area (Å²) in [5.74, 6) is 0.559. The highest BCUT2D eigenvalue weighted by atomic mass is 16.1. The first-order valence-electron chi connectivity index (χ1n) is 6.46. The monoisotopic (exact) mass is 236 g/mol. The van der Waals surface area contributed by atoms with Crippen molar-refractivity contribution < 1.29 is 4.79 Å². The van der Waals surface area contributed by atoms with Crippen LogP contribution >= 0.6 is 0 Å². The van der Waals surface area contributed by atoms with Crippen molar-refractivity contribution in [3.8, 4) is 0 Å². The summed E-state index contributed by atoms with van der Waals surface area (Å²) in [6.07, 6.45) is 7.20. The summed E-state index contributed by atoms with van der Waals surface area (Å²) in [6.45, 7) is 2.22. The zero-order chi connectivity index (χ0) is 12.5. The smallest absolute Gasteiger partial charge is 0.124 e. The summed E-state index contributed by atoms with van der Waals surface area (Å²) in [4.78, 5) is 11.0. The Labute approximate surface area is 106 Å². The first kappa shape index (κ1) is 11.2. The molecule has 0 saturated heterocycles. The van der Waals surface area contributed by atoms with Crippen molar-refractivity contribution in [2.45, 2.75) is 19.8 Å². The number of hydrogen-bond acceptors (Lipinski definition) is 1. The molecule has 1 aliphatic rings. The van der Waals surface area contributed by atoms with E-state index in [0.717, 1.165) is 12.7 Å². The quantitative estimate of drug-likeness (QED) is 0.730. The highest BCUT2D eigenvalue weighted by Gasteiger charge is 2.08. The van der Waals surface area contributed by atoms with Crippen LogP contribution in [0.15, 0.2) is 30.3 Å². The number of fused-ring (bicyclic) bond motifs is 2. The van der Waals surface area contributed by atoms with Crippen LogP contribution in [-0.2, 0) is 11.2 Å². The van der Waals surface area contributed by atoms with Crippen molar-refractivity contribution in [1.82, 2.24) is 0 Å². The molecule has 0 radical (unpaired) electrons. The molecule has 0 fully saturated rings. The van der Waals surface area contributed by atoms with Crippen molar-refractivity contribution in [3.05, 3.63) is 46.3 Å². The maximum Gasteiger partial charge on any atom is 0.124 e. The Hall–Kier alpha value is -1.89. The second-order valence-electron chi connectivity index (χ2n) is 5.03. The zero-order valence-electron chi connectivity index (χ0n) is 10.5. The summed E-state index contributed by atoms with van der Waals surface area (Å²) in [5.41, 5.74) is 1.18. The lowest BCUT2D eigenvalue weighted by Gasteiger charge is -2.13. The molecule has 1 unspecified atom stereocenters. The lowest BCUT2D eigenvalue weighted by atomic mass is 9.92. The fourth-order valence-corrected chi connectivity index (χ4v) is 2.80. The van der Waals surface area contributed by atoms with Crippen molar-refractivity contribution in [2.75, 3.05) is 0 Å². The van der Waals surface area contributed by atoms with Crippen LogP contribution in [0.2, 0.25) is 0 Å². The van der Waals surface area contributed by atoms with Gasteiger partial charge in [-0.15, -0.1) is 0 Å². The SMILES string of the molecule is CC1C=c2c(CC=O)c3ccccc3cc2=CC1. The van der Waals surface area contributed by atoms with E-state index in [-0.39, 0.29) is 0 Å². The lowest BCUT2D eigenvalue weighted by molar-refractivity contribution is -0.107. The Morgan fingerprint density at radius 3 is 3.00 bits per heavy atom. The first-order valence-corrected chi connectivity index (χ1v) is 6.46. The molecular weight excluding hydrogens is 220 g/mol. The van der Waals surface area contributed by atoms with Gasteiger partial charge in [0.2, 0.25) is 0 Å². The normalized spacial score (nSPS) is 17.7. The van der Waals surface area contributed by atoms with E-state index in [1.807, 2.05) is 6.07 Å². The van der Waals surface area contributed by atoms with Gasteiger partial charge in [0.1, 0.15) is 6.29 Å². The van der Waals surface area contributed by atoms with Crippen molar-refractivity contribution in [3.63, 3.8) is 0 Å². The molecule has 1 atom stereocenters. The molecule has 0 bridgehead atoms. The molecule has 3 rings (SSSR count). The standard InChI is InChI=1S/C17H16O/c1-12-6-7-14-11-13-4-2-3-5-15(13)16(8-9-18)17(14)10-12/h2-5,7,9-12H,6,8H2,1H3. The predicted molar refractivity (Wildman–Crippen MR) is 75.7 cm³/mol. The van der Waals surface area contributed by atoms with Crippen LogP contribution in [0.1, 0.15) is 18.9 Å². The average molecular weight is 236 g/mol. The molecule has 90 valence electrons. The van der Waals surface area contributed by atoms with E-state index in [2.05, 4.69) is 43.3 Å². The molecule has 1 aliphatic carbocycles. The van der Waals surface area contributed by atoms with Gasteiger partial charge in [-0.2, -0.15) is 0 Å². The fourth-order valence-electron chi connectivity index (χ4n) is 2.80. The molecule has 2 aromatic rings. The van der Waals surface area contributed by atoms with Crippen LogP contribution in [0.5, 0.6) is 0 Å². The van der Waals surface area contributed by atoms with E-state index >= 15 is 0 Å². The molecule has 0 heterocycles. The van der Waals surface area contributed by atoms with Crippen LogP contribution < -0.4 is 10.4 Å². The Morgan fingerprint density at radius 2 is 2.17 bits per heavy atom. The third kappa shape index (κ3) is 1.76. The molecular formula is C17H16O. The topological polar surface area (TPSA) is 17.1 Å². The summed E-state index contributed by atoms with van der Waals surface area (Å²) < 4.78 is 0. The van der Waals surface area contributed by atoms with Crippen molar-refractivity contribution >= 4 is 29.2 Å². The second kappa shape index (κ2) is 4.41. The van der Waals surface area contributed by atoms with Gasteiger partial charge in [0, 0.05) is 6.42 Å². The minimum atomic E-state index is 0.501. The van der Waals surface area contributed by atoms with Gasteiger partial charge in [0.15, 0.2) is 0 Å². The molecule has 0 N–H and O–H groups in total. The molecule has 18 heavy (non-hydrogen) atoms. The van der Waals surface area contributed by atoms with Gasteiger partial charge >= 0.3 is 0 Å². The van der Waals surface area contributed by atoms with Gasteiger partial charge in [-0.1, -0.05) is 43.3 Å². The number of carbonyl (C=O) groups is 1. The summed E-state index contributed by atoms with van der Waals surface area (Å²) in [5, 5.41) is 4.98. The Morgan fingerprint density at radius 1 is 1.33 bits per heavy atom. The Kier molecular flexibility index (Phi) is 2.75. The van der Waals surface area contributed by atoms with Crippen LogP contribution in [0.4, 0.5) is 0 Å². The average Bonchev–Trinajstić information content (AvgIpc) is 2.39. The van der Waals surface area contributed by atoms with E-state index in [4.69, 9.17) is 0 Å². The summed E-state index contributed by atoms with van der Waals surface area (Å²) in [6, 6.07) is 10.6. The molecule has 1 nitrogen and oxygen atoms in total. The largest absolute Gasteiger partial charge is 0.303 e. The third-order valence-electron chi connectivity index (χ3n) is 3.68. The van der Waals surface area contributed by atoms with E-state index in [9.17, 15) is 4.79 Å². The van der Waals surface area contributed by atoms with Gasteiger partial charge in [-0.25, -0.2) is 0 Å². The zero-order valence-corrected chi connectivity index (χ0v) is 10.5. The van der Waals surface area contributed by atoms with E-state index < -0.39 is 0 Å². The highest BCUT2D eigenvalue weighted by Crippen LogP contribution is 2.16. The molecule has 2 aromatic carbocycles. The molecule has 0 aromatic heterocycles. The lowest BCUT2D eigenvalue weighted by Crippen LogP contribution is -2.32. The number of benzene rings is 2. The maximum absolute atomic E-state index is 11.0. The van der Waals surface area contributed by atoms with E-state index in [1.54, 1.807) is 0 Å². The molecule has 0 spiro atoms. The minimum Gasteiger partial charge on any atom is -0.303 e. The third-order valence-corrected chi connectivity index (χ3v) is 3.68. The van der Waals surface area contributed by atoms with Gasteiger partial charge in [0.25, 0.3) is 0 Å². The Balaban J connectivity index is 2.48. The summed E-state index contributed by atoms with van der Waals surface area (Å²) >= 11 is 0. The van der Waals surface area contributed by atoms with E-state index in [1.165, 1.54) is 26.8 Å². The predicted octanol–water partition coefficient (Wildman–Crippen LogP) is 2.18. The number of aldehydes is 1. The van der Waals surface area contributed by atoms with Crippen LogP contribution in [0.3, 0.4) is 0 Å². The molecule has 0 saturated carbocycles. The second-order valence-corrected chi connectivity index (χ2v) is 5.03. The molecule has 1 heteroatoms. The van der Waals surface area contributed by atoms with Crippen molar-refractivity contribution in [1.29, 1.82) is 0 Å².